The number of nitrogens with one attached hydrogen (secondary N) is 1. The lowest BCUT2D eigenvalue weighted by atomic mass is 10.1. The topological polar surface area (TPSA) is 45.2 Å². The minimum atomic E-state index is -0.266. The van der Waals surface area contributed by atoms with Gasteiger partial charge in [-0.15, -0.1) is 0 Å². The van der Waals surface area contributed by atoms with Crippen LogP contribution in [0.4, 0.5) is 11.4 Å². The number of aromatic nitrogens is 1. The first-order valence-electron chi connectivity index (χ1n) is 6.94. The molecular formula is C17H21N3O. The average molecular weight is 283 g/mol. The van der Waals surface area contributed by atoms with Crippen LogP contribution < -0.4 is 10.2 Å². The highest BCUT2D eigenvalue weighted by molar-refractivity contribution is 5.93. The molecule has 1 aromatic heterocycles. The van der Waals surface area contributed by atoms with E-state index in [1.807, 2.05) is 69.1 Å². The van der Waals surface area contributed by atoms with Crippen LogP contribution in [0, 0.1) is 0 Å². The molecule has 0 aliphatic heterocycles. The van der Waals surface area contributed by atoms with Crippen molar-refractivity contribution in [3.8, 4) is 0 Å². The second-order valence-electron chi connectivity index (χ2n) is 6.00. The summed E-state index contributed by atoms with van der Waals surface area (Å²) in [5, 5.41) is 2.90. The first kappa shape index (κ1) is 15.0. The lowest BCUT2D eigenvalue weighted by molar-refractivity contribution is 0.0914. The summed E-state index contributed by atoms with van der Waals surface area (Å²) in [4.78, 5) is 18.3. The Morgan fingerprint density at radius 2 is 1.71 bits per heavy atom. The molecule has 0 spiro atoms. The molecule has 1 heterocycles. The largest absolute Gasteiger partial charge is 0.346 e. The van der Waals surface area contributed by atoms with Gasteiger partial charge in [0.1, 0.15) is 5.69 Å². The number of rotatable bonds is 3. The first-order valence-corrected chi connectivity index (χ1v) is 6.94. The molecule has 0 unspecified atom stereocenters. The van der Waals surface area contributed by atoms with Crippen molar-refractivity contribution in [2.24, 2.45) is 0 Å². The third-order valence-electron chi connectivity index (χ3n) is 3.00. The van der Waals surface area contributed by atoms with E-state index in [2.05, 4.69) is 10.3 Å². The maximum Gasteiger partial charge on any atom is 0.270 e. The smallest absolute Gasteiger partial charge is 0.270 e. The number of hydrogen-bond donors (Lipinski definition) is 1. The predicted octanol–water partition coefficient (Wildman–Crippen LogP) is 3.38. The van der Waals surface area contributed by atoms with E-state index in [-0.39, 0.29) is 11.4 Å². The predicted molar refractivity (Wildman–Crippen MR) is 86.0 cm³/mol. The van der Waals surface area contributed by atoms with Gasteiger partial charge in [0.2, 0.25) is 0 Å². The summed E-state index contributed by atoms with van der Waals surface area (Å²) < 4.78 is 0. The molecule has 0 atom stereocenters. The van der Waals surface area contributed by atoms with Crippen LogP contribution in [0.15, 0.2) is 48.7 Å². The molecule has 0 saturated carbocycles. The van der Waals surface area contributed by atoms with Gasteiger partial charge in [-0.3, -0.25) is 4.79 Å². The molecule has 0 radical (unpaired) electrons. The fraction of sp³-hybridized carbons (Fsp3) is 0.294. The Bertz CT molecular complexity index is 600. The minimum absolute atomic E-state index is 0.156. The van der Waals surface area contributed by atoms with Crippen molar-refractivity contribution in [1.82, 2.24) is 10.3 Å². The summed E-state index contributed by atoms with van der Waals surface area (Å²) in [6, 6.07) is 13.7. The van der Waals surface area contributed by atoms with Crippen molar-refractivity contribution < 1.29 is 4.79 Å². The monoisotopic (exact) mass is 283 g/mol. The number of pyridine rings is 1. The van der Waals surface area contributed by atoms with Crippen LogP contribution in [-0.2, 0) is 0 Å². The molecule has 0 saturated heterocycles. The maximum atomic E-state index is 12.0. The number of nitrogens with zero attached hydrogens (tertiary/aromatic N) is 2. The quantitative estimate of drug-likeness (QED) is 0.939. The van der Waals surface area contributed by atoms with E-state index in [1.54, 1.807) is 12.3 Å². The molecule has 0 fully saturated rings. The van der Waals surface area contributed by atoms with Crippen molar-refractivity contribution >= 4 is 17.3 Å². The highest BCUT2D eigenvalue weighted by Crippen LogP contribution is 2.22. The molecule has 4 nitrogen and oxygen atoms in total. The zero-order chi connectivity index (χ0) is 15.5. The van der Waals surface area contributed by atoms with Gasteiger partial charge < -0.3 is 10.2 Å². The fourth-order valence-electron chi connectivity index (χ4n) is 1.92. The van der Waals surface area contributed by atoms with Crippen LogP contribution in [0.25, 0.3) is 0 Å². The number of amides is 1. The number of anilines is 2. The third kappa shape index (κ3) is 4.05. The van der Waals surface area contributed by atoms with Gasteiger partial charge in [0, 0.05) is 18.3 Å². The van der Waals surface area contributed by atoms with Crippen molar-refractivity contribution in [3.63, 3.8) is 0 Å². The summed E-state index contributed by atoms with van der Waals surface area (Å²) in [5.74, 6) is -0.156. The summed E-state index contributed by atoms with van der Waals surface area (Å²) >= 11 is 0. The van der Waals surface area contributed by atoms with Crippen LogP contribution in [0.1, 0.15) is 31.3 Å². The molecule has 0 aliphatic rings. The molecule has 110 valence electrons. The summed E-state index contributed by atoms with van der Waals surface area (Å²) in [6.07, 6.45) is 1.71. The second-order valence-corrected chi connectivity index (χ2v) is 6.00. The lowest BCUT2D eigenvalue weighted by Gasteiger charge is -2.21. The zero-order valence-electron chi connectivity index (χ0n) is 12.9. The first-order chi connectivity index (χ1) is 9.87. The SMILES string of the molecule is CN(c1ccccc1)c1ccc(C(=O)NC(C)(C)C)nc1. The summed E-state index contributed by atoms with van der Waals surface area (Å²) in [5.41, 5.74) is 2.17. The van der Waals surface area contributed by atoms with Crippen LogP contribution in [0.2, 0.25) is 0 Å². The Kier molecular flexibility index (Phi) is 4.26. The van der Waals surface area contributed by atoms with Crippen molar-refractivity contribution in [3.05, 3.63) is 54.4 Å². The second kappa shape index (κ2) is 5.95. The highest BCUT2D eigenvalue weighted by atomic mass is 16.2. The molecule has 2 aromatic rings. The molecular weight excluding hydrogens is 262 g/mol. The highest BCUT2D eigenvalue weighted by Gasteiger charge is 2.16. The van der Waals surface area contributed by atoms with Gasteiger partial charge in [-0.05, 0) is 45.0 Å². The summed E-state index contributed by atoms with van der Waals surface area (Å²) in [7, 11) is 1.97. The molecule has 1 N–H and O–H groups in total. The number of benzene rings is 1. The van der Waals surface area contributed by atoms with Gasteiger partial charge in [-0.1, -0.05) is 18.2 Å². The fourth-order valence-corrected chi connectivity index (χ4v) is 1.92. The van der Waals surface area contributed by atoms with E-state index in [9.17, 15) is 4.79 Å². The van der Waals surface area contributed by atoms with Crippen LogP contribution in [-0.4, -0.2) is 23.5 Å². The number of carbonyl (C=O) groups is 1. The number of hydrogen-bond acceptors (Lipinski definition) is 3. The van der Waals surface area contributed by atoms with Gasteiger partial charge >= 0.3 is 0 Å². The van der Waals surface area contributed by atoms with Crippen LogP contribution in [0.3, 0.4) is 0 Å². The summed E-state index contributed by atoms with van der Waals surface area (Å²) in [6.45, 7) is 5.84. The van der Waals surface area contributed by atoms with Crippen LogP contribution in [0.5, 0.6) is 0 Å². The lowest BCUT2D eigenvalue weighted by Crippen LogP contribution is -2.40. The Morgan fingerprint density at radius 1 is 1.05 bits per heavy atom. The van der Waals surface area contributed by atoms with Crippen LogP contribution >= 0.6 is 0 Å². The Balaban J connectivity index is 2.14. The van der Waals surface area contributed by atoms with Gasteiger partial charge in [0.05, 0.1) is 11.9 Å². The zero-order valence-corrected chi connectivity index (χ0v) is 12.9. The molecule has 4 heteroatoms. The number of carbonyl (C=O) groups excluding carboxylic acids is 1. The van der Waals surface area contributed by atoms with Gasteiger partial charge in [-0.25, -0.2) is 4.98 Å². The van der Waals surface area contributed by atoms with Gasteiger partial charge in [0.15, 0.2) is 0 Å². The van der Waals surface area contributed by atoms with Crippen molar-refractivity contribution in [2.75, 3.05) is 11.9 Å². The molecule has 0 aliphatic carbocycles. The van der Waals surface area contributed by atoms with E-state index < -0.39 is 0 Å². The average Bonchev–Trinajstić information content (AvgIpc) is 2.46. The Hall–Kier alpha value is -2.36. The third-order valence-corrected chi connectivity index (χ3v) is 3.00. The van der Waals surface area contributed by atoms with E-state index in [0.717, 1.165) is 11.4 Å². The maximum absolute atomic E-state index is 12.0. The molecule has 21 heavy (non-hydrogen) atoms. The molecule has 1 aromatic carbocycles. The van der Waals surface area contributed by atoms with Gasteiger partial charge in [0.25, 0.3) is 5.91 Å². The Morgan fingerprint density at radius 3 is 2.24 bits per heavy atom. The molecule has 2 rings (SSSR count). The standard InChI is InChI=1S/C17H21N3O/c1-17(2,3)19-16(21)15-11-10-14(12-18-15)20(4)13-8-6-5-7-9-13/h5-12H,1-4H3,(H,19,21). The molecule has 0 bridgehead atoms. The van der Waals surface area contributed by atoms with E-state index in [1.165, 1.54) is 0 Å². The van der Waals surface area contributed by atoms with Crippen molar-refractivity contribution in [2.45, 2.75) is 26.3 Å². The van der Waals surface area contributed by atoms with Gasteiger partial charge in [-0.2, -0.15) is 0 Å². The molecule has 1 amide bonds. The van der Waals surface area contributed by atoms with E-state index in [0.29, 0.717) is 5.69 Å². The minimum Gasteiger partial charge on any atom is -0.346 e. The normalized spacial score (nSPS) is 11.0. The van der Waals surface area contributed by atoms with E-state index in [4.69, 9.17) is 0 Å². The number of para-hydroxylation sites is 1. The van der Waals surface area contributed by atoms with Crippen molar-refractivity contribution in [1.29, 1.82) is 0 Å². The Labute approximate surface area is 125 Å². The van der Waals surface area contributed by atoms with E-state index >= 15 is 0 Å².